The van der Waals surface area contributed by atoms with Crippen LogP contribution in [-0.2, 0) is 6.42 Å². The van der Waals surface area contributed by atoms with E-state index in [4.69, 9.17) is 21.9 Å². The summed E-state index contributed by atoms with van der Waals surface area (Å²) in [6.45, 7) is 3.47. The largest absolute Gasteiger partial charge is 0.370 e. The van der Waals surface area contributed by atoms with Crippen LogP contribution in [0.4, 0.5) is 0 Å². The molecule has 0 atom stereocenters. The van der Waals surface area contributed by atoms with Crippen LogP contribution in [0, 0.1) is 0 Å². The van der Waals surface area contributed by atoms with E-state index in [1.807, 2.05) is 12.1 Å². The van der Waals surface area contributed by atoms with Gasteiger partial charge in [0.15, 0.2) is 5.96 Å². The van der Waals surface area contributed by atoms with E-state index in [-0.39, 0.29) is 0 Å². The van der Waals surface area contributed by atoms with Gasteiger partial charge in [0.25, 0.3) is 0 Å². The molecule has 2 aromatic rings. The van der Waals surface area contributed by atoms with Crippen LogP contribution in [0.2, 0.25) is 5.02 Å². The van der Waals surface area contributed by atoms with Gasteiger partial charge in [0.05, 0.1) is 0 Å². The zero-order valence-electron chi connectivity index (χ0n) is 12.6. The summed E-state index contributed by atoms with van der Waals surface area (Å²) >= 11 is 5.85. The number of nitrogens with one attached hydrogen (secondary N) is 1. The van der Waals surface area contributed by atoms with E-state index in [9.17, 15) is 0 Å². The van der Waals surface area contributed by atoms with Gasteiger partial charge < -0.3 is 15.6 Å². The first-order chi connectivity index (χ1) is 10.7. The standard InChI is InChI=1S/C15H20ClN5O/c1-2-3-9-18-15(17)19-10-8-13-20-14(21-22-13)11-4-6-12(16)7-5-11/h4-7H,2-3,8-10H2,1H3,(H3,17,18,19). The molecule has 0 spiro atoms. The Morgan fingerprint density at radius 2 is 2.14 bits per heavy atom. The lowest BCUT2D eigenvalue weighted by atomic mass is 10.2. The van der Waals surface area contributed by atoms with Crippen LogP contribution in [-0.4, -0.2) is 29.2 Å². The van der Waals surface area contributed by atoms with Crippen molar-refractivity contribution >= 4 is 17.6 Å². The van der Waals surface area contributed by atoms with Gasteiger partial charge in [0.2, 0.25) is 11.7 Å². The Bertz CT molecular complexity index is 609. The smallest absolute Gasteiger partial charge is 0.228 e. The molecule has 0 aliphatic carbocycles. The summed E-state index contributed by atoms with van der Waals surface area (Å²) in [6, 6.07) is 7.30. The summed E-state index contributed by atoms with van der Waals surface area (Å²) in [6.07, 6.45) is 2.73. The highest BCUT2D eigenvalue weighted by atomic mass is 35.5. The molecule has 0 bridgehead atoms. The summed E-state index contributed by atoms with van der Waals surface area (Å²) in [7, 11) is 0. The van der Waals surface area contributed by atoms with E-state index in [0.29, 0.717) is 35.7 Å². The summed E-state index contributed by atoms with van der Waals surface area (Å²) in [5.41, 5.74) is 6.62. The maximum Gasteiger partial charge on any atom is 0.228 e. The van der Waals surface area contributed by atoms with Gasteiger partial charge in [-0.1, -0.05) is 30.1 Å². The van der Waals surface area contributed by atoms with E-state index < -0.39 is 0 Å². The van der Waals surface area contributed by atoms with Gasteiger partial charge in [-0.15, -0.1) is 0 Å². The van der Waals surface area contributed by atoms with Gasteiger partial charge >= 0.3 is 0 Å². The number of aromatic nitrogens is 2. The fraction of sp³-hybridized carbons (Fsp3) is 0.400. The molecule has 118 valence electrons. The molecule has 0 amide bonds. The predicted molar refractivity (Wildman–Crippen MR) is 87.8 cm³/mol. The number of hydrogen-bond acceptors (Lipinski definition) is 4. The Morgan fingerprint density at radius 3 is 2.86 bits per heavy atom. The van der Waals surface area contributed by atoms with E-state index in [2.05, 4.69) is 27.4 Å². The molecule has 7 heteroatoms. The second-order valence-electron chi connectivity index (χ2n) is 4.82. The monoisotopic (exact) mass is 321 g/mol. The first-order valence-electron chi connectivity index (χ1n) is 7.31. The van der Waals surface area contributed by atoms with Crippen molar-refractivity contribution in [2.75, 3.05) is 13.1 Å². The lowest BCUT2D eigenvalue weighted by Gasteiger charge is -2.02. The summed E-state index contributed by atoms with van der Waals surface area (Å²) in [5, 5.41) is 7.66. The number of rotatable bonds is 7. The minimum atomic E-state index is 0.450. The third kappa shape index (κ3) is 5.04. The first-order valence-corrected chi connectivity index (χ1v) is 7.69. The van der Waals surface area contributed by atoms with Crippen molar-refractivity contribution in [1.82, 2.24) is 15.5 Å². The number of nitrogens with two attached hydrogens (primary N) is 1. The van der Waals surface area contributed by atoms with Gasteiger partial charge in [-0.2, -0.15) is 4.98 Å². The first kappa shape index (κ1) is 16.3. The molecule has 0 fully saturated rings. The number of nitrogens with zero attached hydrogens (tertiary/aromatic N) is 3. The fourth-order valence-corrected chi connectivity index (χ4v) is 1.91. The molecule has 1 aromatic carbocycles. The summed E-state index contributed by atoms with van der Waals surface area (Å²) < 4.78 is 5.21. The third-order valence-corrected chi connectivity index (χ3v) is 3.26. The average Bonchev–Trinajstić information content (AvgIpc) is 2.97. The van der Waals surface area contributed by atoms with Crippen LogP contribution in [0.5, 0.6) is 0 Å². The Hall–Kier alpha value is -2.08. The molecule has 0 aliphatic rings. The lowest BCUT2D eigenvalue weighted by molar-refractivity contribution is 0.379. The number of aliphatic imine (C=N–C) groups is 1. The van der Waals surface area contributed by atoms with Gasteiger partial charge in [0.1, 0.15) is 0 Å². The summed E-state index contributed by atoms with van der Waals surface area (Å²) in [4.78, 5) is 8.55. The highest BCUT2D eigenvalue weighted by Gasteiger charge is 2.08. The molecule has 6 nitrogen and oxygen atoms in total. The predicted octanol–water partition coefficient (Wildman–Crippen LogP) is 2.64. The minimum absolute atomic E-state index is 0.450. The highest BCUT2D eigenvalue weighted by Crippen LogP contribution is 2.18. The van der Waals surface area contributed by atoms with E-state index in [1.54, 1.807) is 12.1 Å². The SMILES string of the molecule is CCCCN=C(N)NCCc1nc(-c2ccc(Cl)cc2)no1. The van der Waals surface area contributed by atoms with Crippen molar-refractivity contribution in [2.45, 2.75) is 26.2 Å². The topological polar surface area (TPSA) is 89.3 Å². The second-order valence-corrected chi connectivity index (χ2v) is 5.25. The molecule has 2 rings (SSSR count). The van der Waals surface area contributed by atoms with Gasteiger partial charge in [-0.25, -0.2) is 0 Å². The van der Waals surface area contributed by atoms with Crippen LogP contribution in [0.3, 0.4) is 0 Å². The maximum absolute atomic E-state index is 5.85. The zero-order valence-corrected chi connectivity index (χ0v) is 13.3. The normalized spacial score (nSPS) is 11.6. The minimum Gasteiger partial charge on any atom is -0.370 e. The van der Waals surface area contributed by atoms with Crippen molar-refractivity contribution < 1.29 is 4.52 Å². The number of hydrogen-bond donors (Lipinski definition) is 2. The number of benzene rings is 1. The molecular weight excluding hydrogens is 302 g/mol. The Balaban J connectivity index is 1.82. The van der Waals surface area contributed by atoms with Crippen LogP contribution < -0.4 is 11.1 Å². The average molecular weight is 322 g/mol. The molecule has 0 unspecified atom stereocenters. The molecule has 0 radical (unpaired) electrons. The fourth-order valence-electron chi connectivity index (χ4n) is 1.78. The molecular formula is C15H20ClN5O. The highest BCUT2D eigenvalue weighted by molar-refractivity contribution is 6.30. The second kappa shape index (κ2) is 8.38. The zero-order chi connectivity index (χ0) is 15.8. The van der Waals surface area contributed by atoms with Crippen LogP contribution >= 0.6 is 11.6 Å². The molecule has 1 aromatic heterocycles. The molecule has 1 heterocycles. The maximum atomic E-state index is 5.85. The van der Waals surface area contributed by atoms with Gasteiger partial charge in [-0.3, -0.25) is 4.99 Å². The quantitative estimate of drug-likeness (QED) is 0.465. The molecule has 0 saturated carbocycles. The summed E-state index contributed by atoms with van der Waals surface area (Å²) in [5.74, 6) is 1.56. The van der Waals surface area contributed by atoms with Crippen LogP contribution in [0.1, 0.15) is 25.7 Å². The third-order valence-electron chi connectivity index (χ3n) is 3.01. The molecule has 0 saturated heterocycles. The van der Waals surface area contributed by atoms with Crippen molar-refractivity contribution in [1.29, 1.82) is 0 Å². The molecule has 0 aliphatic heterocycles. The van der Waals surface area contributed by atoms with Crippen molar-refractivity contribution in [3.8, 4) is 11.4 Å². The lowest BCUT2D eigenvalue weighted by Crippen LogP contribution is -2.33. The number of halogens is 1. The molecule has 22 heavy (non-hydrogen) atoms. The number of unbranched alkanes of at least 4 members (excludes halogenated alkanes) is 1. The van der Waals surface area contributed by atoms with E-state index in [1.165, 1.54) is 0 Å². The van der Waals surface area contributed by atoms with Crippen LogP contribution in [0.15, 0.2) is 33.8 Å². The Kier molecular flexibility index (Phi) is 6.21. The van der Waals surface area contributed by atoms with Crippen molar-refractivity contribution in [2.24, 2.45) is 10.7 Å². The van der Waals surface area contributed by atoms with E-state index >= 15 is 0 Å². The van der Waals surface area contributed by atoms with Crippen LogP contribution in [0.25, 0.3) is 11.4 Å². The Labute approximate surface area is 134 Å². The molecule has 3 N–H and O–H groups in total. The number of guanidine groups is 1. The van der Waals surface area contributed by atoms with Gasteiger partial charge in [0, 0.05) is 30.1 Å². The van der Waals surface area contributed by atoms with Crippen molar-refractivity contribution in [3.05, 3.63) is 35.2 Å². The van der Waals surface area contributed by atoms with Crippen molar-refractivity contribution in [3.63, 3.8) is 0 Å². The Morgan fingerprint density at radius 1 is 1.36 bits per heavy atom. The van der Waals surface area contributed by atoms with E-state index in [0.717, 1.165) is 24.9 Å². The van der Waals surface area contributed by atoms with Gasteiger partial charge in [-0.05, 0) is 30.7 Å².